The number of anilines is 1. The molecule has 0 saturated carbocycles. The van der Waals surface area contributed by atoms with Crippen LogP contribution in [0, 0.1) is 6.92 Å². The zero-order valence-corrected chi connectivity index (χ0v) is 9.76. The van der Waals surface area contributed by atoms with Gasteiger partial charge in [-0.1, -0.05) is 17.7 Å². The van der Waals surface area contributed by atoms with Crippen molar-refractivity contribution in [3.05, 3.63) is 28.8 Å². The second kappa shape index (κ2) is 5.25. The predicted molar refractivity (Wildman–Crippen MR) is 60.2 cm³/mol. The molecule has 0 radical (unpaired) electrons. The lowest BCUT2D eigenvalue weighted by Gasteiger charge is -2.22. The third-order valence-corrected chi connectivity index (χ3v) is 2.40. The van der Waals surface area contributed by atoms with Crippen molar-refractivity contribution < 1.29 is 13.6 Å². The second-order valence-electron chi connectivity index (χ2n) is 3.48. The molecule has 1 amide bonds. The van der Waals surface area contributed by atoms with Crippen LogP contribution < -0.4 is 4.90 Å². The van der Waals surface area contributed by atoms with Gasteiger partial charge < -0.3 is 4.90 Å². The lowest BCUT2D eigenvalue weighted by atomic mass is 10.2. The van der Waals surface area contributed by atoms with Crippen LogP contribution in [0.1, 0.15) is 12.5 Å². The van der Waals surface area contributed by atoms with E-state index in [1.165, 1.54) is 6.92 Å². The highest BCUT2D eigenvalue weighted by Gasteiger charge is 2.18. The van der Waals surface area contributed by atoms with Gasteiger partial charge in [0.05, 0.1) is 17.3 Å². The number of hydrogen-bond donors (Lipinski definition) is 0. The molecule has 0 aromatic heterocycles. The molecule has 0 atom stereocenters. The number of nitrogens with zero attached hydrogens (tertiary/aromatic N) is 1. The summed E-state index contributed by atoms with van der Waals surface area (Å²) in [5.74, 6) is -0.453. The Hall–Kier alpha value is -1.16. The molecule has 1 aromatic carbocycles. The molecule has 16 heavy (non-hydrogen) atoms. The van der Waals surface area contributed by atoms with Crippen LogP contribution in [-0.2, 0) is 4.79 Å². The molecule has 0 spiro atoms. The van der Waals surface area contributed by atoms with Gasteiger partial charge >= 0.3 is 0 Å². The molecule has 0 aliphatic heterocycles. The monoisotopic (exact) mass is 247 g/mol. The highest BCUT2D eigenvalue weighted by molar-refractivity contribution is 6.33. The molecule has 1 aromatic rings. The first-order valence-electron chi connectivity index (χ1n) is 4.74. The van der Waals surface area contributed by atoms with Crippen molar-refractivity contribution in [2.45, 2.75) is 20.3 Å². The van der Waals surface area contributed by atoms with Gasteiger partial charge in [0.25, 0.3) is 6.43 Å². The number of amides is 1. The molecule has 0 unspecified atom stereocenters. The van der Waals surface area contributed by atoms with E-state index in [2.05, 4.69) is 0 Å². The van der Waals surface area contributed by atoms with Gasteiger partial charge in [0.1, 0.15) is 0 Å². The van der Waals surface area contributed by atoms with E-state index in [0.29, 0.717) is 10.7 Å². The average Bonchev–Trinajstić information content (AvgIpc) is 2.14. The maximum Gasteiger partial charge on any atom is 0.256 e. The van der Waals surface area contributed by atoms with Crippen LogP contribution in [0.2, 0.25) is 5.02 Å². The van der Waals surface area contributed by atoms with Gasteiger partial charge in [0.15, 0.2) is 0 Å². The molecular weight excluding hydrogens is 236 g/mol. The Balaban J connectivity index is 3.06. The lowest BCUT2D eigenvalue weighted by molar-refractivity contribution is -0.117. The predicted octanol–water partition coefficient (Wildman–Crippen LogP) is 3.27. The zero-order chi connectivity index (χ0) is 12.3. The number of carbonyl (C=O) groups is 1. The van der Waals surface area contributed by atoms with Gasteiger partial charge in [0, 0.05) is 6.92 Å². The SMILES string of the molecule is CC(=O)N(CC(F)F)c1ccc(C)cc1Cl. The number of alkyl halides is 2. The van der Waals surface area contributed by atoms with E-state index in [1.54, 1.807) is 18.2 Å². The molecule has 0 saturated heterocycles. The highest BCUT2D eigenvalue weighted by Crippen LogP contribution is 2.27. The standard InChI is InChI=1S/C11H12ClF2NO/c1-7-3-4-10(9(12)5-7)15(8(2)16)6-11(13)14/h3-5,11H,6H2,1-2H3. The molecule has 0 N–H and O–H groups in total. The van der Waals surface area contributed by atoms with Gasteiger partial charge in [-0.2, -0.15) is 0 Å². The maximum atomic E-state index is 12.3. The average molecular weight is 248 g/mol. The van der Waals surface area contributed by atoms with Crippen LogP contribution in [0.4, 0.5) is 14.5 Å². The fourth-order valence-corrected chi connectivity index (χ4v) is 1.70. The number of benzene rings is 1. The minimum atomic E-state index is -2.58. The van der Waals surface area contributed by atoms with E-state index in [1.807, 2.05) is 6.92 Å². The first kappa shape index (κ1) is 12.9. The summed E-state index contributed by atoms with van der Waals surface area (Å²) in [5.41, 5.74) is 1.23. The summed E-state index contributed by atoms with van der Waals surface area (Å²) in [5, 5.41) is 0.302. The summed E-state index contributed by atoms with van der Waals surface area (Å²) in [6.07, 6.45) is -2.58. The molecule has 88 valence electrons. The maximum absolute atomic E-state index is 12.3. The van der Waals surface area contributed by atoms with Crippen molar-refractivity contribution in [2.75, 3.05) is 11.4 Å². The van der Waals surface area contributed by atoms with Gasteiger partial charge in [-0.3, -0.25) is 4.79 Å². The van der Waals surface area contributed by atoms with E-state index in [-0.39, 0.29) is 0 Å². The quantitative estimate of drug-likeness (QED) is 0.803. The van der Waals surface area contributed by atoms with Crippen molar-refractivity contribution in [2.24, 2.45) is 0 Å². The molecular formula is C11H12ClF2NO. The van der Waals surface area contributed by atoms with E-state index in [0.717, 1.165) is 10.5 Å². The molecule has 5 heteroatoms. The number of halogens is 3. The van der Waals surface area contributed by atoms with E-state index in [4.69, 9.17) is 11.6 Å². The first-order chi connectivity index (χ1) is 7.41. The summed E-state index contributed by atoms with van der Waals surface area (Å²) in [6.45, 7) is 2.43. The van der Waals surface area contributed by atoms with Crippen molar-refractivity contribution in [3.8, 4) is 0 Å². The Bertz CT molecular complexity index is 396. The number of aryl methyl sites for hydroxylation is 1. The van der Waals surface area contributed by atoms with Gasteiger partial charge in [-0.15, -0.1) is 0 Å². The zero-order valence-electron chi connectivity index (χ0n) is 9.01. The Kier molecular flexibility index (Phi) is 4.24. The Morgan fingerprint density at radius 2 is 2.12 bits per heavy atom. The van der Waals surface area contributed by atoms with Gasteiger partial charge in [0.2, 0.25) is 5.91 Å². The molecule has 0 fully saturated rings. The molecule has 0 aliphatic carbocycles. The summed E-state index contributed by atoms with van der Waals surface area (Å²) in [7, 11) is 0. The van der Waals surface area contributed by atoms with Crippen LogP contribution in [-0.4, -0.2) is 18.9 Å². The minimum Gasteiger partial charge on any atom is -0.305 e. The molecule has 0 heterocycles. The minimum absolute atomic E-state index is 0.302. The third-order valence-electron chi connectivity index (χ3n) is 2.09. The van der Waals surface area contributed by atoms with Crippen LogP contribution in [0.3, 0.4) is 0 Å². The van der Waals surface area contributed by atoms with Gasteiger partial charge in [-0.05, 0) is 24.6 Å². The fraction of sp³-hybridized carbons (Fsp3) is 0.364. The van der Waals surface area contributed by atoms with Crippen LogP contribution >= 0.6 is 11.6 Å². The fourth-order valence-electron chi connectivity index (χ4n) is 1.37. The summed E-state index contributed by atoms with van der Waals surface area (Å²) in [4.78, 5) is 12.2. The van der Waals surface area contributed by atoms with Crippen molar-refractivity contribution in [1.29, 1.82) is 0 Å². The van der Waals surface area contributed by atoms with Crippen LogP contribution in [0.25, 0.3) is 0 Å². The molecule has 0 aliphatic rings. The Morgan fingerprint density at radius 1 is 1.50 bits per heavy atom. The van der Waals surface area contributed by atoms with Crippen molar-refractivity contribution in [3.63, 3.8) is 0 Å². The van der Waals surface area contributed by atoms with E-state index in [9.17, 15) is 13.6 Å². The van der Waals surface area contributed by atoms with Crippen LogP contribution in [0.15, 0.2) is 18.2 Å². The smallest absolute Gasteiger partial charge is 0.256 e. The molecule has 1 rings (SSSR count). The summed E-state index contributed by atoms with van der Waals surface area (Å²) >= 11 is 5.91. The molecule has 0 bridgehead atoms. The normalized spacial score (nSPS) is 10.6. The third kappa shape index (κ3) is 3.17. The Morgan fingerprint density at radius 3 is 2.56 bits per heavy atom. The summed E-state index contributed by atoms with van der Waals surface area (Å²) in [6, 6.07) is 4.93. The lowest BCUT2D eigenvalue weighted by Crippen LogP contribution is -2.33. The van der Waals surface area contributed by atoms with E-state index >= 15 is 0 Å². The summed E-state index contributed by atoms with van der Waals surface area (Å²) < 4.78 is 24.6. The Labute approximate surface area is 97.8 Å². The van der Waals surface area contributed by atoms with Crippen LogP contribution in [0.5, 0.6) is 0 Å². The van der Waals surface area contributed by atoms with Gasteiger partial charge in [-0.25, -0.2) is 8.78 Å². The highest BCUT2D eigenvalue weighted by atomic mass is 35.5. The largest absolute Gasteiger partial charge is 0.305 e. The molecule has 2 nitrogen and oxygen atoms in total. The number of hydrogen-bond acceptors (Lipinski definition) is 1. The van der Waals surface area contributed by atoms with E-state index < -0.39 is 18.9 Å². The number of carbonyl (C=O) groups excluding carboxylic acids is 1. The van der Waals surface area contributed by atoms with Crippen molar-refractivity contribution in [1.82, 2.24) is 0 Å². The van der Waals surface area contributed by atoms with Crippen molar-refractivity contribution >= 4 is 23.2 Å². The number of rotatable bonds is 3. The topological polar surface area (TPSA) is 20.3 Å². The second-order valence-corrected chi connectivity index (χ2v) is 3.88. The first-order valence-corrected chi connectivity index (χ1v) is 5.12.